The van der Waals surface area contributed by atoms with E-state index >= 15 is 0 Å². The number of nitrogens with one attached hydrogen (secondary N) is 1. The SMILES string of the molecule is CC(C)(C)CS(=O)(=O)c1ccc(-c2sc(C(=O)NC3CCOCC3)nc2CC2CCCCC2)cc1C(C)(C)C. The van der Waals surface area contributed by atoms with Crippen LogP contribution in [0.5, 0.6) is 0 Å². The van der Waals surface area contributed by atoms with Gasteiger partial charge >= 0.3 is 0 Å². The molecule has 2 heterocycles. The summed E-state index contributed by atoms with van der Waals surface area (Å²) >= 11 is 1.44. The van der Waals surface area contributed by atoms with Crippen molar-refractivity contribution in [1.29, 1.82) is 0 Å². The number of nitrogens with zero attached hydrogens (tertiary/aromatic N) is 1. The zero-order valence-corrected chi connectivity index (χ0v) is 26.2. The Labute approximate surface area is 239 Å². The molecule has 0 unspecified atom stereocenters. The molecule has 39 heavy (non-hydrogen) atoms. The molecule has 1 saturated heterocycles. The van der Waals surface area contributed by atoms with Crippen LogP contribution >= 0.6 is 11.3 Å². The molecule has 4 rings (SSSR count). The molecule has 1 amide bonds. The van der Waals surface area contributed by atoms with Crippen molar-refractivity contribution in [2.45, 2.75) is 109 Å². The van der Waals surface area contributed by atoms with E-state index in [4.69, 9.17) is 9.72 Å². The lowest BCUT2D eigenvalue weighted by atomic mass is 9.84. The molecule has 1 aliphatic heterocycles. The van der Waals surface area contributed by atoms with Gasteiger partial charge in [-0.3, -0.25) is 4.79 Å². The predicted molar refractivity (Wildman–Crippen MR) is 159 cm³/mol. The van der Waals surface area contributed by atoms with Gasteiger partial charge in [0.05, 0.1) is 21.2 Å². The Hall–Kier alpha value is -1.77. The number of carbonyl (C=O) groups excluding carboxylic acids is 1. The van der Waals surface area contributed by atoms with Crippen molar-refractivity contribution in [2.75, 3.05) is 19.0 Å². The van der Waals surface area contributed by atoms with Crippen LogP contribution in [0.1, 0.15) is 108 Å². The van der Waals surface area contributed by atoms with Gasteiger partial charge in [-0.05, 0) is 59.3 Å². The van der Waals surface area contributed by atoms with Crippen molar-refractivity contribution < 1.29 is 17.9 Å². The van der Waals surface area contributed by atoms with E-state index in [1.54, 1.807) is 6.07 Å². The molecule has 1 N–H and O–H groups in total. The predicted octanol–water partition coefficient (Wildman–Crippen LogP) is 6.96. The molecular weight excluding hydrogens is 528 g/mol. The van der Waals surface area contributed by atoms with Crippen molar-refractivity contribution in [1.82, 2.24) is 10.3 Å². The fraction of sp³-hybridized carbons (Fsp3) is 0.677. The van der Waals surface area contributed by atoms with Gasteiger partial charge in [-0.25, -0.2) is 13.4 Å². The minimum absolute atomic E-state index is 0.0897. The molecule has 216 valence electrons. The Morgan fingerprint density at radius 1 is 1.03 bits per heavy atom. The van der Waals surface area contributed by atoms with E-state index in [-0.39, 0.29) is 28.5 Å². The van der Waals surface area contributed by atoms with Crippen LogP contribution in [0.2, 0.25) is 0 Å². The Morgan fingerprint density at radius 2 is 1.69 bits per heavy atom. The average molecular weight is 575 g/mol. The smallest absolute Gasteiger partial charge is 0.280 e. The summed E-state index contributed by atoms with van der Waals surface area (Å²) in [4.78, 5) is 19.6. The standard InChI is InChI=1S/C31H46N2O4S2/c1-30(2,3)20-39(35,36)26-13-12-22(19-24(26)31(4,5)6)27-25(18-21-10-8-7-9-11-21)33-29(38-27)28(34)32-23-14-16-37-17-15-23/h12-13,19,21,23H,7-11,14-18,20H2,1-6H3,(H,32,34). The molecule has 0 bridgehead atoms. The molecular formula is C31H46N2O4S2. The Morgan fingerprint density at radius 3 is 2.31 bits per heavy atom. The minimum atomic E-state index is -3.47. The largest absolute Gasteiger partial charge is 0.381 e. The van der Waals surface area contributed by atoms with Crippen molar-refractivity contribution in [3.05, 3.63) is 34.5 Å². The zero-order chi connectivity index (χ0) is 28.4. The second-order valence-electron chi connectivity index (χ2n) is 13.6. The number of rotatable bonds is 7. The molecule has 8 heteroatoms. The highest BCUT2D eigenvalue weighted by atomic mass is 32.2. The lowest BCUT2D eigenvalue weighted by molar-refractivity contribution is 0.0696. The summed E-state index contributed by atoms with van der Waals surface area (Å²) in [5, 5.41) is 3.66. The van der Waals surface area contributed by atoms with E-state index in [0.717, 1.165) is 41.0 Å². The van der Waals surface area contributed by atoms with Crippen LogP contribution in [-0.2, 0) is 26.4 Å². The first-order valence-electron chi connectivity index (χ1n) is 14.5. The summed E-state index contributed by atoms with van der Waals surface area (Å²) in [5.74, 6) is 0.537. The maximum Gasteiger partial charge on any atom is 0.280 e. The summed E-state index contributed by atoms with van der Waals surface area (Å²) in [5.41, 5.74) is 2.02. The van der Waals surface area contributed by atoms with Gasteiger partial charge in [-0.1, -0.05) is 79.7 Å². The summed E-state index contributed by atoms with van der Waals surface area (Å²) in [6.07, 6.45) is 8.65. The molecule has 0 atom stereocenters. The summed E-state index contributed by atoms with van der Waals surface area (Å²) in [7, 11) is -3.47. The second-order valence-corrected chi connectivity index (χ2v) is 16.6. The highest BCUT2D eigenvalue weighted by molar-refractivity contribution is 7.91. The fourth-order valence-corrected chi connectivity index (χ4v) is 9.01. The van der Waals surface area contributed by atoms with E-state index < -0.39 is 9.84 Å². The fourth-order valence-electron chi connectivity index (χ4n) is 5.74. The van der Waals surface area contributed by atoms with Gasteiger partial charge in [-0.2, -0.15) is 0 Å². The van der Waals surface area contributed by atoms with Crippen LogP contribution in [0.15, 0.2) is 23.1 Å². The van der Waals surface area contributed by atoms with E-state index in [9.17, 15) is 13.2 Å². The summed E-state index contributed by atoms with van der Waals surface area (Å²) in [6.45, 7) is 13.4. The van der Waals surface area contributed by atoms with Gasteiger partial charge < -0.3 is 10.1 Å². The molecule has 2 aromatic rings. The normalized spacial score (nSPS) is 18.3. The molecule has 1 saturated carbocycles. The summed E-state index contributed by atoms with van der Waals surface area (Å²) < 4.78 is 32.5. The Balaban J connectivity index is 1.74. The van der Waals surface area contributed by atoms with Crippen LogP contribution in [0, 0.1) is 11.3 Å². The van der Waals surface area contributed by atoms with Crippen LogP contribution in [-0.4, -0.2) is 44.3 Å². The third-order valence-corrected chi connectivity index (χ3v) is 11.1. The van der Waals surface area contributed by atoms with E-state index in [0.29, 0.717) is 29.0 Å². The second kappa shape index (κ2) is 12.0. The first kappa shape index (κ1) is 30.2. The van der Waals surface area contributed by atoms with Crippen molar-refractivity contribution >= 4 is 27.1 Å². The van der Waals surface area contributed by atoms with E-state index in [1.807, 2.05) is 32.9 Å². The topological polar surface area (TPSA) is 85.4 Å². The average Bonchev–Trinajstić information content (AvgIpc) is 3.27. The van der Waals surface area contributed by atoms with E-state index in [1.165, 1.54) is 43.4 Å². The Kier molecular flexibility index (Phi) is 9.29. The number of hydrogen-bond acceptors (Lipinski definition) is 6. The van der Waals surface area contributed by atoms with Crippen molar-refractivity contribution in [3.8, 4) is 10.4 Å². The number of carbonyl (C=O) groups is 1. The molecule has 1 aromatic carbocycles. The number of ether oxygens (including phenoxy) is 1. The van der Waals surface area contributed by atoms with Crippen molar-refractivity contribution in [2.24, 2.45) is 11.3 Å². The maximum absolute atomic E-state index is 13.5. The third-order valence-electron chi connectivity index (χ3n) is 7.66. The zero-order valence-electron chi connectivity index (χ0n) is 24.6. The highest BCUT2D eigenvalue weighted by Gasteiger charge is 2.31. The quantitative estimate of drug-likeness (QED) is 0.386. The maximum atomic E-state index is 13.5. The highest BCUT2D eigenvalue weighted by Crippen LogP contribution is 2.39. The molecule has 1 aliphatic carbocycles. The van der Waals surface area contributed by atoms with Gasteiger partial charge in [0.15, 0.2) is 14.8 Å². The molecule has 0 spiro atoms. The number of sulfone groups is 1. The van der Waals surface area contributed by atoms with Gasteiger partial charge in [0.25, 0.3) is 5.91 Å². The van der Waals surface area contributed by atoms with Crippen LogP contribution < -0.4 is 5.32 Å². The number of aromatic nitrogens is 1. The number of thiazole rings is 1. The first-order chi connectivity index (χ1) is 18.2. The molecule has 1 aromatic heterocycles. The number of hydrogen-bond donors (Lipinski definition) is 1. The number of amides is 1. The van der Waals surface area contributed by atoms with Crippen LogP contribution in [0.4, 0.5) is 0 Å². The molecule has 0 radical (unpaired) electrons. The lowest BCUT2D eigenvalue weighted by Gasteiger charge is -2.26. The van der Waals surface area contributed by atoms with Crippen LogP contribution in [0.25, 0.3) is 10.4 Å². The summed E-state index contributed by atoms with van der Waals surface area (Å²) in [6, 6.07) is 5.85. The van der Waals surface area contributed by atoms with Gasteiger partial charge in [0, 0.05) is 19.3 Å². The minimum Gasteiger partial charge on any atom is -0.381 e. The van der Waals surface area contributed by atoms with Gasteiger partial charge in [0.1, 0.15) is 0 Å². The molecule has 6 nitrogen and oxygen atoms in total. The first-order valence-corrected chi connectivity index (χ1v) is 17.0. The van der Waals surface area contributed by atoms with E-state index in [2.05, 4.69) is 26.1 Å². The third kappa shape index (κ3) is 7.92. The Bertz CT molecular complexity index is 1260. The van der Waals surface area contributed by atoms with Gasteiger partial charge in [-0.15, -0.1) is 11.3 Å². The molecule has 2 fully saturated rings. The number of benzene rings is 1. The van der Waals surface area contributed by atoms with Gasteiger partial charge in [0.2, 0.25) is 0 Å². The van der Waals surface area contributed by atoms with Crippen LogP contribution in [0.3, 0.4) is 0 Å². The molecule has 2 aliphatic rings. The lowest BCUT2D eigenvalue weighted by Crippen LogP contribution is -2.38. The van der Waals surface area contributed by atoms with Crippen molar-refractivity contribution in [3.63, 3.8) is 0 Å². The monoisotopic (exact) mass is 574 g/mol.